The average molecular weight is 646 g/mol. The highest BCUT2D eigenvalue weighted by Gasteiger charge is 2.17. The summed E-state index contributed by atoms with van der Waals surface area (Å²) < 4.78 is 11.4. The number of anilines is 2. The molecular weight excluding hydrogens is 614 g/mol. The van der Waals surface area contributed by atoms with E-state index in [0.717, 1.165) is 10.5 Å². The molecule has 0 aliphatic heterocycles. The lowest BCUT2D eigenvalue weighted by Crippen LogP contribution is -2.30. The SMILES string of the molecule is COc1ccccc1-c1ccc(C=C(NC(=O)c2ccccc2)C(=O)Nc2ccc(SCC(=O)Nc3ccc(C(C)=O)cc3)cc2)o1. The highest BCUT2D eigenvalue weighted by Crippen LogP contribution is 2.31. The van der Waals surface area contributed by atoms with E-state index in [-0.39, 0.29) is 23.1 Å². The van der Waals surface area contributed by atoms with Gasteiger partial charge >= 0.3 is 0 Å². The summed E-state index contributed by atoms with van der Waals surface area (Å²) in [4.78, 5) is 51.2. The second-order valence-corrected chi connectivity index (χ2v) is 11.3. The number of rotatable bonds is 12. The van der Waals surface area contributed by atoms with Crippen LogP contribution in [0.25, 0.3) is 17.4 Å². The Balaban J connectivity index is 1.26. The van der Waals surface area contributed by atoms with E-state index in [9.17, 15) is 19.2 Å². The predicted molar refractivity (Wildman–Crippen MR) is 183 cm³/mol. The number of carbonyl (C=O) groups is 4. The molecule has 236 valence electrons. The average Bonchev–Trinajstić information content (AvgIpc) is 3.56. The standard InChI is InChI=1S/C37H31N3O6S/c1-24(41)25-12-14-27(15-13-25)38-35(42)23-47-30-19-16-28(17-20-30)39-37(44)32(40-36(43)26-8-4-3-5-9-26)22-29-18-21-34(46-29)31-10-6-7-11-33(31)45-2/h3-22H,23H2,1-2H3,(H,38,42)(H,39,44)(H,40,43). The van der Waals surface area contributed by atoms with Crippen LogP contribution in [0.1, 0.15) is 33.4 Å². The van der Waals surface area contributed by atoms with Gasteiger partial charge in [-0.15, -0.1) is 11.8 Å². The fourth-order valence-electron chi connectivity index (χ4n) is 4.48. The molecule has 0 aliphatic carbocycles. The fourth-order valence-corrected chi connectivity index (χ4v) is 5.17. The highest BCUT2D eigenvalue weighted by molar-refractivity contribution is 8.00. The van der Waals surface area contributed by atoms with Crippen molar-refractivity contribution >= 4 is 52.7 Å². The van der Waals surface area contributed by atoms with Crippen LogP contribution >= 0.6 is 11.8 Å². The van der Waals surface area contributed by atoms with E-state index in [1.54, 1.807) is 98.1 Å². The molecule has 9 nitrogen and oxygen atoms in total. The Hall–Kier alpha value is -5.87. The van der Waals surface area contributed by atoms with Crippen LogP contribution in [0.3, 0.4) is 0 Å². The maximum atomic E-state index is 13.5. The van der Waals surface area contributed by atoms with E-state index in [2.05, 4.69) is 16.0 Å². The van der Waals surface area contributed by atoms with Gasteiger partial charge in [0.2, 0.25) is 5.91 Å². The van der Waals surface area contributed by atoms with E-state index < -0.39 is 11.8 Å². The second-order valence-electron chi connectivity index (χ2n) is 10.2. The second kappa shape index (κ2) is 15.4. The molecule has 47 heavy (non-hydrogen) atoms. The molecule has 0 bridgehead atoms. The van der Waals surface area contributed by atoms with Crippen LogP contribution in [0, 0.1) is 0 Å². The predicted octanol–water partition coefficient (Wildman–Crippen LogP) is 7.30. The Kier molecular flexibility index (Phi) is 10.7. The van der Waals surface area contributed by atoms with E-state index in [4.69, 9.17) is 9.15 Å². The van der Waals surface area contributed by atoms with Gasteiger partial charge in [-0.25, -0.2) is 0 Å². The first-order valence-corrected chi connectivity index (χ1v) is 15.5. The van der Waals surface area contributed by atoms with Crippen LogP contribution in [-0.2, 0) is 9.59 Å². The third kappa shape index (κ3) is 8.86. The Morgan fingerprint density at radius 1 is 0.745 bits per heavy atom. The largest absolute Gasteiger partial charge is 0.496 e. The molecule has 1 aromatic heterocycles. The molecule has 0 fully saturated rings. The van der Waals surface area contributed by atoms with Gasteiger partial charge in [-0.3, -0.25) is 19.2 Å². The highest BCUT2D eigenvalue weighted by atomic mass is 32.2. The van der Waals surface area contributed by atoms with Crippen molar-refractivity contribution in [2.75, 3.05) is 23.5 Å². The minimum absolute atomic E-state index is 0.0220. The number of ether oxygens (including phenoxy) is 1. The number of furan rings is 1. The van der Waals surface area contributed by atoms with Crippen LogP contribution < -0.4 is 20.7 Å². The summed E-state index contributed by atoms with van der Waals surface area (Å²) >= 11 is 1.33. The van der Waals surface area contributed by atoms with Crippen molar-refractivity contribution in [1.29, 1.82) is 0 Å². The molecule has 0 saturated carbocycles. The first kappa shape index (κ1) is 32.5. The number of hydrogen-bond acceptors (Lipinski definition) is 7. The maximum Gasteiger partial charge on any atom is 0.272 e. The van der Waals surface area contributed by atoms with Gasteiger partial charge in [-0.2, -0.15) is 0 Å². The molecule has 0 radical (unpaired) electrons. The summed E-state index contributed by atoms with van der Waals surface area (Å²) in [5.74, 6) is 0.439. The van der Waals surface area contributed by atoms with Crippen molar-refractivity contribution in [3.63, 3.8) is 0 Å². The molecule has 0 aliphatic rings. The Morgan fingerprint density at radius 2 is 1.40 bits per heavy atom. The van der Waals surface area contributed by atoms with Crippen LogP contribution in [0.4, 0.5) is 11.4 Å². The van der Waals surface area contributed by atoms with Crippen LogP contribution in [0.2, 0.25) is 0 Å². The number of amides is 3. The first-order valence-electron chi connectivity index (χ1n) is 14.6. The van der Waals surface area contributed by atoms with Crippen molar-refractivity contribution in [3.05, 3.63) is 138 Å². The minimum Gasteiger partial charge on any atom is -0.496 e. The van der Waals surface area contributed by atoms with Gasteiger partial charge in [0.05, 0.1) is 18.4 Å². The van der Waals surface area contributed by atoms with E-state index in [1.165, 1.54) is 24.8 Å². The number of ketones is 1. The third-order valence-electron chi connectivity index (χ3n) is 6.87. The zero-order valence-electron chi connectivity index (χ0n) is 25.6. The van der Waals surface area contributed by atoms with Gasteiger partial charge in [0.15, 0.2) is 5.78 Å². The number of carbonyl (C=O) groups excluding carboxylic acids is 4. The number of thioether (sulfide) groups is 1. The van der Waals surface area contributed by atoms with Crippen LogP contribution in [0.5, 0.6) is 5.75 Å². The summed E-state index contributed by atoms with van der Waals surface area (Å²) in [6.45, 7) is 1.49. The molecule has 3 N–H and O–H groups in total. The van der Waals surface area contributed by atoms with Gasteiger partial charge in [0, 0.05) is 33.5 Å². The Bertz CT molecular complexity index is 1920. The molecule has 4 aromatic carbocycles. The van der Waals surface area contributed by atoms with Crippen molar-refractivity contribution in [2.24, 2.45) is 0 Å². The number of benzene rings is 4. The Morgan fingerprint density at radius 3 is 2.11 bits per heavy atom. The maximum absolute atomic E-state index is 13.5. The molecule has 5 rings (SSSR count). The zero-order valence-corrected chi connectivity index (χ0v) is 26.4. The number of methoxy groups -OCH3 is 1. The van der Waals surface area contributed by atoms with Crippen molar-refractivity contribution in [1.82, 2.24) is 5.32 Å². The van der Waals surface area contributed by atoms with E-state index in [0.29, 0.717) is 39.8 Å². The number of hydrogen-bond donors (Lipinski definition) is 3. The molecule has 3 amide bonds. The summed E-state index contributed by atoms with van der Waals surface area (Å²) in [5, 5.41) is 8.33. The quantitative estimate of drug-likeness (QED) is 0.0738. The summed E-state index contributed by atoms with van der Waals surface area (Å²) in [6, 6.07) is 33.1. The molecular formula is C37H31N3O6S. The molecule has 10 heteroatoms. The van der Waals surface area contributed by atoms with Crippen LogP contribution in [0.15, 0.2) is 130 Å². The topological polar surface area (TPSA) is 127 Å². The van der Waals surface area contributed by atoms with Gasteiger partial charge < -0.3 is 25.1 Å². The van der Waals surface area contributed by atoms with Crippen molar-refractivity contribution in [2.45, 2.75) is 11.8 Å². The summed E-state index contributed by atoms with van der Waals surface area (Å²) in [7, 11) is 1.57. The van der Waals surface area contributed by atoms with Crippen molar-refractivity contribution < 1.29 is 28.3 Å². The number of nitrogens with one attached hydrogen (secondary N) is 3. The molecule has 0 spiro atoms. The van der Waals surface area contributed by atoms with E-state index in [1.807, 2.05) is 24.3 Å². The van der Waals surface area contributed by atoms with E-state index >= 15 is 0 Å². The number of Topliss-reactive ketones (excluding diaryl/α,β-unsaturated/α-hetero) is 1. The molecule has 0 atom stereocenters. The lowest BCUT2D eigenvalue weighted by atomic mass is 10.1. The molecule has 5 aromatic rings. The lowest BCUT2D eigenvalue weighted by molar-refractivity contribution is -0.114. The van der Waals surface area contributed by atoms with Gasteiger partial charge in [-0.05, 0) is 91.9 Å². The normalized spacial score (nSPS) is 11.0. The number of para-hydroxylation sites is 1. The lowest BCUT2D eigenvalue weighted by Gasteiger charge is -2.11. The fraction of sp³-hybridized carbons (Fsp3) is 0.0811. The van der Waals surface area contributed by atoms with Crippen LogP contribution in [-0.4, -0.2) is 36.4 Å². The zero-order chi connectivity index (χ0) is 33.2. The Labute approximate surface area is 276 Å². The van der Waals surface area contributed by atoms with Crippen molar-refractivity contribution in [3.8, 4) is 17.1 Å². The molecule has 0 saturated heterocycles. The smallest absolute Gasteiger partial charge is 0.272 e. The van der Waals surface area contributed by atoms with Gasteiger partial charge in [0.25, 0.3) is 11.8 Å². The first-order chi connectivity index (χ1) is 22.8. The summed E-state index contributed by atoms with van der Waals surface area (Å²) in [5.41, 5.74) is 2.78. The monoisotopic (exact) mass is 645 g/mol. The molecule has 1 heterocycles. The van der Waals surface area contributed by atoms with Gasteiger partial charge in [-0.1, -0.05) is 30.3 Å². The molecule has 0 unspecified atom stereocenters. The minimum atomic E-state index is -0.555. The third-order valence-corrected chi connectivity index (χ3v) is 7.88. The summed E-state index contributed by atoms with van der Waals surface area (Å²) in [6.07, 6.45) is 1.46. The van der Waals surface area contributed by atoms with Gasteiger partial charge in [0.1, 0.15) is 23.0 Å².